The molecule has 1 aromatic rings. The van der Waals surface area contributed by atoms with E-state index in [1.165, 1.54) is 0 Å². The second-order valence-electron chi connectivity index (χ2n) is 8.94. The van der Waals surface area contributed by atoms with E-state index in [-0.39, 0.29) is 10.3 Å². The van der Waals surface area contributed by atoms with Crippen LogP contribution < -0.4 is 4.83 Å². The highest BCUT2D eigenvalue weighted by atomic mass is 32.2. The Bertz CT molecular complexity index is 816. The van der Waals surface area contributed by atoms with Crippen LogP contribution in [0.2, 0.25) is 0 Å². The molecule has 27 heavy (non-hydrogen) atoms. The average molecular weight is 395 g/mol. The first-order valence-corrected chi connectivity index (χ1v) is 10.9. The number of rotatable bonds is 3. The summed E-state index contributed by atoms with van der Waals surface area (Å²) in [5, 5.41) is 4.31. The van der Waals surface area contributed by atoms with Gasteiger partial charge >= 0.3 is 0 Å². The molecule has 1 aliphatic carbocycles. The standard InChI is InChI=1S/C20H30N2O4S/c1-15-8-10-16(11-9-15)27(23,24)22-21-17-7-6-12-20(19(17,4)5)25-13-18(2,3)14-26-20/h8-11,22H,6-7,12-14H2,1-5H3/b21-17+. The summed E-state index contributed by atoms with van der Waals surface area (Å²) >= 11 is 0. The van der Waals surface area contributed by atoms with E-state index < -0.39 is 21.2 Å². The molecule has 1 spiro atoms. The molecule has 7 heteroatoms. The van der Waals surface area contributed by atoms with Crippen molar-refractivity contribution >= 4 is 15.7 Å². The lowest BCUT2D eigenvalue weighted by Crippen LogP contribution is -2.60. The van der Waals surface area contributed by atoms with Crippen LogP contribution >= 0.6 is 0 Å². The Morgan fingerprint density at radius 2 is 1.63 bits per heavy atom. The molecule has 1 aliphatic heterocycles. The largest absolute Gasteiger partial charge is 0.348 e. The van der Waals surface area contributed by atoms with Crippen LogP contribution in [0.15, 0.2) is 34.3 Å². The first kappa shape index (κ1) is 20.3. The molecule has 6 nitrogen and oxygen atoms in total. The van der Waals surface area contributed by atoms with Crippen molar-refractivity contribution in [3.63, 3.8) is 0 Å². The minimum absolute atomic E-state index is 0.0247. The maximum atomic E-state index is 12.6. The summed E-state index contributed by atoms with van der Waals surface area (Å²) in [7, 11) is -3.71. The van der Waals surface area contributed by atoms with Crippen LogP contribution in [-0.4, -0.2) is 33.1 Å². The van der Waals surface area contributed by atoms with E-state index in [1.807, 2.05) is 20.8 Å². The van der Waals surface area contributed by atoms with Crippen LogP contribution in [0.3, 0.4) is 0 Å². The predicted octanol–water partition coefficient (Wildman–Crippen LogP) is 3.61. The molecule has 0 amide bonds. The van der Waals surface area contributed by atoms with Gasteiger partial charge in [0.15, 0.2) is 5.79 Å². The minimum atomic E-state index is -3.71. The maximum absolute atomic E-state index is 12.6. The minimum Gasteiger partial charge on any atom is -0.348 e. The number of benzene rings is 1. The van der Waals surface area contributed by atoms with Crippen molar-refractivity contribution in [2.24, 2.45) is 15.9 Å². The summed E-state index contributed by atoms with van der Waals surface area (Å²) < 4.78 is 37.6. The lowest BCUT2D eigenvalue weighted by atomic mass is 9.69. The van der Waals surface area contributed by atoms with Gasteiger partial charge in [-0.25, -0.2) is 4.83 Å². The quantitative estimate of drug-likeness (QED) is 0.795. The first-order chi connectivity index (χ1) is 12.5. The monoisotopic (exact) mass is 394 g/mol. The molecular formula is C20H30N2O4S. The van der Waals surface area contributed by atoms with Crippen LogP contribution in [0.4, 0.5) is 0 Å². The van der Waals surface area contributed by atoms with Crippen molar-refractivity contribution in [3.8, 4) is 0 Å². The summed E-state index contributed by atoms with van der Waals surface area (Å²) in [6.07, 6.45) is 2.33. The molecule has 1 saturated heterocycles. The lowest BCUT2D eigenvalue weighted by Gasteiger charge is -2.53. The Kier molecular flexibility index (Phi) is 5.16. The van der Waals surface area contributed by atoms with Gasteiger partial charge in [-0.3, -0.25) is 0 Å². The maximum Gasteiger partial charge on any atom is 0.276 e. The van der Waals surface area contributed by atoms with Crippen LogP contribution in [0.5, 0.6) is 0 Å². The fraction of sp³-hybridized carbons (Fsp3) is 0.650. The molecule has 0 aromatic heterocycles. The summed E-state index contributed by atoms with van der Waals surface area (Å²) in [6, 6.07) is 6.71. The molecule has 1 aromatic carbocycles. The number of hydrazone groups is 1. The number of hydrogen-bond donors (Lipinski definition) is 1. The third kappa shape index (κ3) is 3.91. The topological polar surface area (TPSA) is 77.0 Å². The summed E-state index contributed by atoms with van der Waals surface area (Å²) in [5.41, 5.74) is 1.20. The molecule has 1 saturated carbocycles. The molecule has 0 unspecified atom stereocenters. The molecule has 0 bridgehead atoms. The number of aryl methyl sites for hydroxylation is 1. The van der Waals surface area contributed by atoms with Gasteiger partial charge in [0.05, 0.1) is 23.5 Å². The van der Waals surface area contributed by atoms with Gasteiger partial charge in [0.1, 0.15) is 0 Å². The van der Waals surface area contributed by atoms with E-state index in [1.54, 1.807) is 24.3 Å². The third-order valence-electron chi connectivity index (χ3n) is 5.62. The second-order valence-corrected chi connectivity index (χ2v) is 10.6. The normalized spacial score (nSPS) is 25.4. The summed E-state index contributed by atoms with van der Waals surface area (Å²) in [4.78, 5) is 2.61. The molecule has 1 heterocycles. The van der Waals surface area contributed by atoms with E-state index in [2.05, 4.69) is 23.8 Å². The average Bonchev–Trinajstić information content (AvgIpc) is 2.59. The molecule has 2 fully saturated rings. The van der Waals surface area contributed by atoms with Gasteiger partial charge in [0.25, 0.3) is 10.0 Å². The van der Waals surface area contributed by atoms with Gasteiger partial charge in [-0.15, -0.1) is 0 Å². The van der Waals surface area contributed by atoms with Gasteiger partial charge in [0, 0.05) is 17.5 Å². The number of nitrogens with one attached hydrogen (secondary N) is 1. The van der Waals surface area contributed by atoms with E-state index in [9.17, 15) is 8.42 Å². The molecule has 1 N–H and O–H groups in total. The highest BCUT2D eigenvalue weighted by Gasteiger charge is 2.55. The van der Waals surface area contributed by atoms with Gasteiger partial charge < -0.3 is 9.47 Å². The van der Waals surface area contributed by atoms with Gasteiger partial charge in [-0.2, -0.15) is 13.5 Å². The molecule has 3 rings (SSSR count). The zero-order valence-corrected chi connectivity index (χ0v) is 17.6. The van der Waals surface area contributed by atoms with Crippen molar-refractivity contribution in [1.82, 2.24) is 4.83 Å². The molecule has 150 valence electrons. The van der Waals surface area contributed by atoms with Crippen LogP contribution in [-0.2, 0) is 19.5 Å². The SMILES string of the molecule is Cc1ccc(S(=O)(=O)N/N=C2\CCCC3(OCC(C)(C)CO3)C2(C)C)cc1. The molecule has 0 radical (unpaired) electrons. The zero-order chi connectivity index (χ0) is 19.9. The van der Waals surface area contributed by atoms with Crippen molar-refractivity contribution in [3.05, 3.63) is 29.8 Å². The number of nitrogens with zero attached hydrogens (tertiary/aromatic N) is 1. The number of sulfonamides is 1. The Morgan fingerprint density at radius 3 is 2.22 bits per heavy atom. The van der Waals surface area contributed by atoms with E-state index >= 15 is 0 Å². The highest BCUT2D eigenvalue weighted by molar-refractivity contribution is 7.89. The third-order valence-corrected chi connectivity index (χ3v) is 6.84. The van der Waals surface area contributed by atoms with Crippen LogP contribution in [0.1, 0.15) is 52.5 Å². The van der Waals surface area contributed by atoms with Crippen molar-refractivity contribution in [2.75, 3.05) is 13.2 Å². The Labute approximate surface area is 162 Å². The number of hydrogen-bond acceptors (Lipinski definition) is 5. The van der Waals surface area contributed by atoms with Crippen LogP contribution in [0.25, 0.3) is 0 Å². The number of ether oxygens (including phenoxy) is 2. The highest BCUT2D eigenvalue weighted by Crippen LogP contribution is 2.48. The van der Waals surface area contributed by atoms with Gasteiger partial charge in [0.2, 0.25) is 0 Å². The Hall–Kier alpha value is -1.44. The van der Waals surface area contributed by atoms with Crippen molar-refractivity contribution < 1.29 is 17.9 Å². The van der Waals surface area contributed by atoms with Crippen LogP contribution in [0, 0.1) is 17.8 Å². The van der Waals surface area contributed by atoms with E-state index in [4.69, 9.17) is 9.47 Å². The van der Waals surface area contributed by atoms with Gasteiger partial charge in [-0.05, 0) is 45.7 Å². The Morgan fingerprint density at radius 1 is 1.04 bits per heavy atom. The fourth-order valence-electron chi connectivity index (χ4n) is 3.63. The molecule has 0 atom stereocenters. The summed E-state index contributed by atoms with van der Waals surface area (Å²) in [5.74, 6) is -0.755. The first-order valence-electron chi connectivity index (χ1n) is 9.41. The lowest BCUT2D eigenvalue weighted by molar-refractivity contribution is -0.336. The summed E-state index contributed by atoms with van der Waals surface area (Å²) in [6.45, 7) is 11.4. The second kappa shape index (κ2) is 6.87. The zero-order valence-electron chi connectivity index (χ0n) is 16.8. The molecular weight excluding hydrogens is 364 g/mol. The smallest absolute Gasteiger partial charge is 0.276 e. The van der Waals surface area contributed by atoms with Crippen molar-refractivity contribution in [2.45, 2.75) is 64.6 Å². The van der Waals surface area contributed by atoms with Crippen molar-refractivity contribution in [1.29, 1.82) is 0 Å². The van der Waals surface area contributed by atoms with E-state index in [0.29, 0.717) is 19.6 Å². The fourth-order valence-corrected chi connectivity index (χ4v) is 4.46. The predicted molar refractivity (Wildman–Crippen MR) is 105 cm³/mol. The van der Waals surface area contributed by atoms with E-state index in [0.717, 1.165) is 24.1 Å². The Balaban J connectivity index is 1.82. The van der Waals surface area contributed by atoms with Gasteiger partial charge in [-0.1, -0.05) is 31.5 Å². The molecule has 2 aliphatic rings.